The van der Waals surface area contributed by atoms with Gasteiger partial charge in [0.05, 0.1) is 29.9 Å². The lowest BCUT2D eigenvalue weighted by Crippen LogP contribution is -2.47. The minimum absolute atomic E-state index is 0.0390. The van der Waals surface area contributed by atoms with E-state index in [4.69, 9.17) is 27.9 Å². The number of carbonyl (C=O) groups excluding carboxylic acids is 1. The highest BCUT2D eigenvalue weighted by molar-refractivity contribution is 6.31. The molecule has 1 fully saturated rings. The predicted octanol–water partition coefficient (Wildman–Crippen LogP) is 6.73. The number of aliphatic hydroxyl groups excluding tert-OH is 1. The molecule has 11 heteroatoms. The molecule has 0 aromatic heterocycles. The maximum Gasteiger partial charge on any atom is 0.251 e. The van der Waals surface area contributed by atoms with Crippen LogP contribution in [0.4, 0.5) is 14.5 Å². The Morgan fingerprint density at radius 1 is 1.18 bits per heavy atom. The number of benzene rings is 3. The van der Waals surface area contributed by atoms with Gasteiger partial charge in [-0.25, -0.2) is 8.78 Å². The van der Waals surface area contributed by atoms with Gasteiger partial charge in [-0.05, 0) is 60.8 Å². The number of nitriles is 1. The van der Waals surface area contributed by atoms with Crippen molar-refractivity contribution in [2.75, 3.05) is 26.5 Å². The van der Waals surface area contributed by atoms with Crippen LogP contribution in [0.25, 0.3) is 0 Å². The average molecular weight is 646 g/mol. The van der Waals surface area contributed by atoms with Crippen molar-refractivity contribution >= 4 is 34.8 Å². The van der Waals surface area contributed by atoms with Gasteiger partial charge in [0.1, 0.15) is 29.0 Å². The van der Waals surface area contributed by atoms with Crippen LogP contribution in [0.15, 0.2) is 54.6 Å². The third kappa shape index (κ3) is 6.09. The van der Waals surface area contributed by atoms with Crippen LogP contribution in [0.3, 0.4) is 0 Å². The van der Waals surface area contributed by atoms with Gasteiger partial charge in [0.2, 0.25) is 0 Å². The van der Waals surface area contributed by atoms with Gasteiger partial charge in [-0.2, -0.15) is 5.26 Å². The Hall–Kier alpha value is -3.42. The highest BCUT2D eigenvalue weighted by Crippen LogP contribution is 2.56. The highest BCUT2D eigenvalue weighted by atomic mass is 35.5. The van der Waals surface area contributed by atoms with Gasteiger partial charge < -0.3 is 20.5 Å². The smallest absolute Gasteiger partial charge is 0.251 e. The molecule has 0 bridgehead atoms. The van der Waals surface area contributed by atoms with Gasteiger partial charge in [-0.1, -0.05) is 62.2 Å². The van der Waals surface area contributed by atoms with Crippen molar-refractivity contribution in [1.82, 2.24) is 10.2 Å². The first kappa shape index (κ1) is 33.5. The number of likely N-dealkylation sites (tertiary alicyclic amines) is 1. The molecule has 0 aliphatic carbocycles. The summed E-state index contributed by atoms with van der Waals surface area (Å²) < 4.78 is 37.5. The fourth-order valence-electron chi connectivity index (χ4n) is 6.44. The van der Waals surface area contributed by atoms with E-state index < -0.39 is 41.3 Å². The fraction of sp³-hybridized carbons (Fsp3) is 0.394. The van der Waals surface area contributed by atoms with Gasteiger partial charge >= 0.3 is 0 Å². The molecular formula is C33H36Cl2F2N4O3. The van der Waals surface area contributed by atoms with Crippen LogP contribution in [0, 0.1) is 28.4 Å². The van der Waals surface area contributed by atoms with Crippen LogP contribution in [-0.4, -0.2) is 55.4 Å². The average Bonchev–Trinajstić information content (AvgIpc) is 3.20. The Morgan fingerprint density at radius 2 is 1.89 bits per heavy atom. The van der Waals surface area contributed by atoms with Crippen molar-refractivity contribution in [2.45, 2.75) is 56.8 Å². The summed E-state index contributed by atoms with van der Waals surface area (Å²) in [6, 6.07) is 14.0. The third-order valence-electron chi connectivity index (χ3n) is 8.32. The van der Waals surface area contributed by atoms with E-state index in [0.717, 1.165) is 6.07 Å². The molecule has 0 radical (unpaired) electrons. The van der Waals surface area contributed by atoms with E-state index in [1.54, 1.807) is 25.2 Å². The molecule has 44 heavy (non-hydrogen) atoms. The van der Waals surface area contributed by atoms with Crippen molar-refractivity contribution in [1.29, 1.82) is 5.26 Å². The van der Waals surface area contributed by atoms with Crippen molar-refractivity contribution < 1.29 is 23.4 Å². The van der Waals surface area contributed by atoms with Crippen molar-refractivity contribution in [3.05, 3.63) is 93.0 Å². The lowest BCUT2D eigenvalue weighted by Gasteiger charge is -2.38. The molecule has 5 atom stereocenters. The number of amides is 1. The zero-order valence-electron chi connectivity index (χ0n) is 25.4. The van der Waals surface area contributed by atoms with Crippen LogP contribution in [0.2, 0.25) is 10.0 Å². The largest absolute Gasteiger partial charge is 0.495 e. The van der Waals surface area contributed by atoms with Crippen molar-refractivity contribution in [3.8, 4) is 11.8 Å². The van der Waals surface area contributed by atoms with Gasteiger partial charge in [0.15, 0.2) is 0 Å². The molecular weight excluding hydrogens is 609 g/mol. The van der Waals surface area contributed by atoms with Crippen molar-refractivity contribution in [2.24, 2.45) is 5.41 Å². The highest BCUT2D eigenvalue weighted by Gasteiger charge is 2.63. The van der Waals surface area contributed by atoms with E-state index in [-0.39, 0.29) is 38.2 Å². The molecule has 0 spiro atoms. The summed E-state index contributed by atoms with van der Waals surface area (Å²) in [5.41, 5.74) is -1.25. The van der Waals surface area contributed by atoms with Crippen molar-refractivity contribution in [3.63, 3.8) is 0 Å². The van der Waals surface area contributed by atoms with Gasteiger partial charge in [0, 0.05) is 35.2 Å². The number of hydrogen-bond acceptors (Lipinski definition) is 6. The Labute approximate surface area is 266 Å². The van der Waals surface area contributed by atoms with E-state index in [2.05, 4.69) is 16.7 Å². The molecule has 3 aromatic carbocycles. The molecule has 0 saturated carbocycles. The van der Waals surface area contributed by atoms with Crippen LogP contribution in [0.1, 0.15) is 54.6 Å². The van der Waals surface area contributed by atoms with E-state index in [1.165, 1.54) is 44.5 Å². The number of anilines is 1. The standard InChI is InChI=1S/C33H36Cl2F2N4O3/c1-32(2,3)16-26-33(17-38,21-12-11-19(34)15-23(21)36)27(20-8-7-9-22(35)28(20)37)29(41(26)5)31(43)40-24-13-10-18(30(42)39-4)14-25(24)44-6/h7-15,26-27,29,31,40,43H,16H2,1-6H3,(H,39,42). The zero-order valence-corrected chi connectivity index (χ0v) is 26.9. The Balaban J connectivity index is 1.97. The Kier molecular flexibility index (Phi) is 9.81. The molecule has 1 saturated heterocycles. The SMILES string of the molecule is CNC(=O)c1ccc(NC(O)C2C(c3cccc(Cl)c3F)C(C#N)(c3ccc(Cl)cc3F)C(CC(C)(C)C)N2C)c(OC)c1. The summed E-state index contributed by atoms with van der Waals surface area (Å²) in [7, 11) is 4.67. The number of carbonyl (C=O) groups is 1. The number of likely N-dealkylation sites (N-methyl/N-ethyl adjacent to an activating group) is 1. The molecule has 5 unspecified atom stereocenters. The lowest BCUT2D eigenvalue weighted by atomic mass is 9.62. The van der Waals surface area contributed by atoms with Gasteiger partial charge in [0.25, 0.3) is 5.91 Å². The second-order valence-electron chi connectivity index (χ2n) is 12.2. The summed E-state index contributed by atoms with van der Waals surface area (Å²) >= 11 is 12.4. The van der Waals surface area contributed by atoms with Gasteiger partial charge in [-0.15, -0.1) is 0 Å². The topological polar surface area (TPSA) is 97.6 Å². The van der Waals surface area contributed by atoms with Crippen LogP contribution in [0.5, 0.6) is 5.75 Å². The molecule has 4 rings (SSSR count). The summed E-state index contributed by atoms with van der Waals surface area (Å²) in [5, 5.41) is 28.7. The van der Waals surface area contributed by atoms with E-state index >= 15 is 8.78 Å². The third-order valence-corrected chi connectivity index (χ3v) is 8.85. The second-order valence-corrected chi connectivity index (χ2v) is 13.1. The first-order valence-electron chi connectivity index (χ1n) is 14.1. The minimum atomic E-state index is -1.69. The van der Waals surface area contributed by atoms with E-state index in [1.807, 2.05) is 25.7 Å². The first-order valence-corrected chi connectivity index (χ1v) is 14.8. The van der Waals surface area contributed by atoms with Crippen LogP contribution >= 0.6 is 23.2 Å². The quantitative estimate of drug-likeness (QED) is 0.235. The molecule has 3 aromatic rings. The van der Waals surface area contributed by atoms with Gasteiger partial charge in [-0.3, -0.25) is 9.69 Å². The zero-order chi connectivity index (χ0) is 32.6. The molecule has 1 aliphatic rings. The number of aliphatic hydroxyl groups is 1. The van der Waals surface area contributed by atoms with E-state index in [0.29, 0.717) is 17.7 Å². The maximum atomic E-state index is 16.0. The maximum absolute atomic E-state index is 16.0. The number of rotatable bonds is 8. The molecule has 1 aliphatic heterocycles. The lowest BCUT2D eigenvalue weighted by molar-refractivity contribution is 0.0753. The number of hydrogen-bond donors (Lipinski definition) is 3. The number of nitrogens with zero attached hydrogens (tertiary/aromatic N) is 2. The molecule has 3 N–H and O–H groups in total. The summed E-state index contributed by atoms with van der Waals surface area (Å²) in [6.45, 7) is 5.99. The molecule has 7 nitrogen and oxygen atoms in total. The number of methoxy groups -OCH3 is 1. The number of halogens is 4. The van der Waals surface area contributed by atoms with Crippen LogP contribution < -0.4 is 15.4 Å². The number of ether oxygens (including phenoxy) is 1. The number of nitrogens with one attached hydrogen (secondary N) is 2. The second kappa shape index (κ2) is 12.9. The molecule has 234 valence electrons. The first-order chi connectivity index (χ1) is 20.7. The monoisotopic (exact) mass is 644 g/mol. The summed E-state index contributed by atoms with van der Waals surface area (Å²) in [6.07, 6.45) is -1.04. The summed E-state index contributed by atoms with van der Waals surface area (Å²) in [5.74, 6) is -2.64. The fourth-order valence-corrected chi connectivity index (χ4v) is 6.78. The Bertz CT molecular complexity index is 1590. The minimum Gasteiger partial charge on any atom is -0.495 e. The normalized spacial score (nSPS) is 22.7. The molecule has 1 heterocycles. The molecule has 1 amide bonds. The summed E-state index contributed by atoms with van der Waals surface area (Å²) in [4.78, 5) is 14.0. The van der Waals surface area contributed by atoms with E-state index in [9.17, 15) is 15.2 Å². The Morgan fingerprint density at radius 3 is 2.48 bits per heavy atom. The van der Waals surface area contributed by atoms with Crippen LogP contribution in [-0.2, 0) is 5.41 Å². The predicted molar refractivity (Wildman–Crippen MR) is 168 cm³/mol.